The lowest BCUT2D eigenvalue weighted by Gasteiger charge is -2.60. The van der Waals surface area contributed by atoms with Crippen molar-refractivity contribution in [1.82, 2.24) is 0 Å². The average molecular weight is 428 g/mol. The van der Waals surface area contributed by atoms with Crippen molar-refractivity contribution in [2.24, 2.45) is 0 Å². The van der Waals surface area contributed by atoms with Gasteiger partial charge in [0, 0.05) is 0 Å². The van der Waals surface area contributed by atoms with Crippen LogP contribution < -0.4 is 0 Å². The summed E-state index contributed by atoms with van der Waals surface area (Å²) in [5.41, 5.74) is -8.05. The van der Waals surface area contributed by atoms with Crippen LogP contribution in [0.1, 0.15) is 0 Å². The molecule has 26 heavy (non-hydrogen) atoms. The molecule has 0 N–H and O–H groups in total. The second kappa shape index (κ2) is 4.29. The van der Waals surface area contributed by atoms with E-state index < -0.39 is 53.2 Å². The first-order chi connectivity index (χ1) is 11.0. The van der Waals surface area contributed by atoms with Gasteiger partial charge in [-0.3, -0.25) is 4.74 Å². The highest BCUT2D eigenvalue weighted by atomic mass is 19.4. The van der Waals surface area contributed by atoms with E-state index in [1.54, 1.807) is 4.74 Å². The van der Waals surface area contributed by atoms with Crippen molar-refractivity contribution >= 4 is 0 Å². The van der Waals surface area contributed by atoms with Crippen LogP contribution >= 0.6 is 0 Å². The molecule has 1 saturated heterocycles. The van der Waals surface area contributed by atoms with Gasteiger partial charge in [0.2, 0.25) is 0 Å². The molecule has 2 unspecified atom stereocenters. The van der Waals surface area contributed by atoms with Crippen LogP contribution in [-0.4, -0.2) is 53.2 Å². The average Bonchev–Trinajstić information content (AvgIpc) is 2.41. The summed E-state index contributed by atoms with van der Waals surface area (Å²) in [6, 6.07) is 0. The summed E-state index contributed by atoms with van der Waals surface area (Å²) in [6.07, 6.45) is -7.29. The predicted octanol–water partition coefficient (Wildman–Crippen LogP) is 4.81. The fourth-order valence-corrected chi connectivity index (χ4v) is 2.40. The Labute approximate surface area is 129 Å². The van der Waals surface area contributed by atoms with Gasteiger partial charge in [0.25, 0.3) is 0 Å². The highest BCUT2D eigenvalue weighted by Gasteiger charge is 3.10. The van der Waals surface area contributed by atoms with Gasteiger partial charge in [0.15, 0.2) is 0 Å². The summed E-state index contributed by atoms with van der Waals surface area (Å²) in [6.45, 7) is 0. The molecule has 1 heterocycles. The van der Waals surface area contributed by atoms with Crippen LogP contribution in [0.15, 0.2) is 0 Å². The molecule has 0 aromatic carbocycles. The lowest BCUT2D eigenvalue weighted by molar-refractivity contribution is -0.600. The van der Waals surface area contributed by atoms with Crippen LogP contribution in [0, 0.1) is 0 Å². The fourth-order valence-electron chi connectivity index (χ4n) is 2.40. The number of alkyl halides is 16. The Hall–Kier alpha value is -1.16. The Kier molecular flexibility index (Phi) is 3.49. The zero-order chi connectivity index (χ0) is 21.2. The highest BCUT2D eigenvalue weighted by molar-refractivity contribution is 5.34. The molecule has 1 aliphatic heterocycles. The fraction of sp³-hybridized carbons (Fsp3) is 1.00. The van der Waals surface area contributed by atoms with Crippen molar-refractivity contribution in [2.75, 3.05) is 0 Å². The van der Waals surface area contributed by atoms with Gasteiger partial charge in [-0.15, -0.1) is 0 Å². The number of ether oxygens (including phenoxy) is 1. The van der Waals surface area contributed by atoms with E-state index in [-0.39, 0.29) is 0 Å². The van der Waals surface area contributed by atoms with E-state index in [4.69, 9.17) is 0 Å². The summed E-state index contributed by atoms with van der Waals surface area (Å²) in [4.78, 5) is 0. The Morgan fingerprint density at radius 2 is 0.654 bits per heavy atom. The molecule has 1 aliphatic carbocycles. The van der Waals surface area contributed by atoms with E-state index in [1.165, 1.54) is 0 Å². The van der Waals surface area contributed by atoms with Crippen LogP contribution in [0.4, 0.5) is 70.2 Å². The molecule has 0 amide bonds. The predicted molar refractivity (Wildman–Crippen MR) is 43.4 cm³/mol. The Morgan fingerprint density at radius 1 is 0.346 bits per heavy atom. The third kappa shape index (κ3) is 1.48. The zero-order valence-electron chi connectivity index (χ0n) is 11.0. The molecule has 1 saturated carbocycles. The molecule has 154 valence electrons. The standard InChI is InChI=1S/C9F16O/c10-1-2(11,12)4(15,16)5(17,18)6(19,20)8(1,23)26-9(24,25)7(21,22)3(1,13)14. The lowest BCUT2D eigenvalue weighted by atomic mass is 9.65. The van der Waals surface area contributed by atoms with Gasteiger partial charge in [-0.2, -0.15) is 61.5 Å². The summed E-state index contributed by atoms with van der Waals surface area (Å²) < 4.78 is 213. The van der Waals surface area contributed by atoms with Gasteiger partial charge in [-0.1, -0.05) is 0 Å². The van der Waals surface area contributed by atoms with Gasteiger partial charge < -0.3 is 0 Å². The van der Waals surface area contributed by atoms with Crippen LogP contribution in [-0.2, 0) is 4.74 Å². The van der Waals surface area contributed by atoms with E-state index in [0.717, 1.165) is 0 Å². The van der Waals surface area contributed by atoms with Crippen molar-refractivity contribution < 1.29 is 75.0 Å². The first-order valence-corrected chi connectivity index (χ1v) is 5.68. The first kappa shape index (κ1) is 21.1. The summed E-state index contributed by atoms with van der Waals surface area (Å²) >= 11 is 0. The van der Waals surface area contributed by atoms with Crippen molar-refractivity contribution in [3.63, 3.8) is 0 Å². The summed E-state index contributed by atoms with van der Waals surface area (Å²) in [5, 5.41) is 0. The third-order valence-corrected chi connectivity index (χ3v) is 3.92. The third-order valence-electron chi connectivity index (χ3n) is 3.92. The Bertz CT molecular complexity index is 628. The quantitative estimate of drug-likeness (QED) is 0.504. The molecule has 2 rings (SSSR count). The van der Waals surface area contributed by atoms with Crippen molar-refractivity contribution in [3.05, 3.63) is 0 Å². The van der Waals surface area contributed by atoms with Gasteiger partial charge in [-0.25, -0.2) is 8.78 Å². The van der Waals surface area contributed by atoms with Crippen LogP contribution in [0.3, 0.4) is 0 Å². The number of rotatable bonds is 0. The molecular weight excluding hydrogens is 428 g/mol. The molecular formula is C9F16O. The van der Waals surface area contributed by atoms with Gasteiger partial charge in [0.1, 0.15) is 0 Å². The summed E-state index contributed by atoms with van der Waals surface area (Å²) in [7, 11) is 0. The van der Waals surface area contributed by atoms with E-state index in [9.17, 15) is 70.2 Å². The number of hydrogen-bond acceptors (Lipinski definition) is 1. The number of hydrogen-bond donors (Lipinski definition) is 0. The minimum Gasteiger partial charge on any atom is -0.269 e. The van der Waals surface area contributed by atoms with E-state index in [2.05, 4.69) is 0 Å². The van der Waals surface area contributed by atoms with Crippen LogP contribution in [0.25, 0.3) is 0 Å². The number of fused-ring (bicyclic) bond motifs is 1. The maximum Gasteiger partial charge on any atom is 0.428 e. The Balaban J connectivity index is 3.06. The maximum atomic E-state index is 14.0. The normalized spacial score (nSPS) is 43.4. The largest absolute Gasteiger partial charge is 0.428 e. The molecule has 2 atom stereocenters. The second-order valence-corrected chi connectivity index (χ2v) is 5.32. The molecule has 0 radical (unpaired) electrons. The van der Waals surface area contributed by atoms with E-state index in [1.807, 2.05) is 0 Å². The minimum absolute atomic E-state index is 1.65. The smallest absolute Gasteiger partial charge is 0.269 e. The molecule has 0 spiro atoms. The maximum absolute atomic E-state index is 14.0. The topological polar surface area (TPSA) is 9.23 Å². The highest BCUT2D eigenvalue weighted by Crippen LogP contribution is 2.77. The molecule has 0 bridgehead atoms. The molecule has 2 aliphatic rings. The lowest BCUT2D eigenvalue weighted by Crippen LogP contribution is -2.94. The zero-order valence-corrected chi connectivity index (χ0v) is 11.0. The van der Waals surface area contributed by atoms with Crippen LogP contribution in [0.5, 0.6) is 0 Å². The van der Waals surface area contributed by atoms with Gasteiger partial charge >= 0.3 is 53.2 Å². The number of halogens is 16. The minimum atomic E-state index is -8.08. The first-order valence-electron chi connectivity index (χ1n) is 5.68. The van der Waals surface area contributed by atoms with Gasteiger partial charge in [0.05, 0.1) is 0 Å². The molecule has 2 fully saturated rings. The van der Waals surface area contributed by atoms with E-state index >= 15 is 0 Å². The van der Waals surface area contributed by atoms with E-state index in [0.29, 0.717) is 0 Å². The molecule has 0 aromatic rings. The van der Waals surface area contributed by atoms with Gasteiger partial charge in [-0.05, 0) is 0 Å². The second-order valence-electron chi connectivity index (χ2n) is 5.32. The summed E-state index contributed by atoms with van der Waals surface area (Å²) in [5.74, 6) is -55.2. The van der Waals surface area contributed by atoms with Crippen LogP contribution in [0.2, 0.25) is 0 Å². The molecule has 0 aromatic heterocycles. The van der Waals surface area contributed by atoms with Crippen molar-refractivity contribution in [1.29, 1.82) is 0 Å². The SMILES string of the molecule is FC1(F)OC2(F)C(F)(F)C(F)(F)C(F)(F)C(F)(F)C2(F)C(F)(F)C1(F)F. The monoisotopic (exact) mass is 428 g/mol. The Morgan fingerprint density at radius 3 is 1.04 bits per heavy atom. The molecule has 17 heteroatoms. The van der Waals surface area contributed by atoms with Crippen molar-refractivity contribution in [2.45, 2.75) is 53.2 Å². The molecule has 1 nitrogen and oxygen atoms in total. The van der Waals surface area contributed by atoms with Crippen molar-refractivity contribution in [3.8, 4) is 0 Å².